The predicted molar refractivity (Wildman–Crippen MR) is 124 cm³/mol. The number of hydrogen-bond donors (Lipinski definition) is 2. The van der Waals surface area contributed by atoms with Crippen LogP contribution in [0, 0.1) is 5.92 Å². The third kappa shape index (κ3) is 6.04. The van der Waals surface area contributed by atoms with Gasteiger partial charge in [-0.3, -0.25) is 14.4 Å². The van der Waals surface area contributed by atoms with Crippen LogP contribution in [0.15, 0.2) is 34.4 Å². The summed E-state index contributed by atoms with van der Waals surface area (Å²) in [5.41, 5.74) is 1.12. The molecular weight excluding hydrogens is 446 g/mol. The third-order valence-corrected chi connectivity index (χ3v) is 5.62. The van der Waals surface area contributed by atoms with Crippen LogP contribution >= 0.6 is 11.3 Å². The summed E-state index contributed by atoms with van der Waals surface area (Å²) in [6, 6.07) is 6.77. The molecule has 174 valence electrons. The number of amides is 1. The van der Waals surface area contributed by atoms with Gasteiger partial charge in [-0.05, 0) is 36.3 Å². The SMILES string of the molecule is CCOC(=O)c1c(CC(C)C)csc1NC(=O)COC(=O)Cc1n[nH]c(=O)c2ccccc12. The number of fused-ring (bicyclic) bond motifs is 1. The van der Waals surface area contributed by atoms with Crippen LogP contribution in [0.1, 0.15) is 42.4 Å². The highest BCUT2D eigenvalue weighted by Crippen LogP contribution is 2.31. The first-order valence-electron chi connectivity index (χ1n) is 10.5. The first kappa shape index (κ1) is 24.1. The second-order valence-electron chi connectivity index (χ2n) is 7.71. The third-order valence-electron chi connectivity index (χ3n) is 4.68. The first-order chi connectivity index (χ1) is 15.8. The summed E-state index contributed by atoms with van der Waals surface area (Å²) >= 11 is 1.22. The predicted octanol–water partition coefficient (Wildman–Crippen LogP) is 3.08. The maximum Gasteiger partial charge on any atom is 0.341 e. The minimum absolute atomic E-state index is 0.212. The molecule has 0 bridgehead atoms. The zero-order chi connectivity index (χ0) is 24.0. The zero-order valence-electron chi connectivity index (χ0n) is 18.6. The van der Waals surface area contributed by atoms with Crippen molar-refractivity contribution in [3.8, 4) is 0 Å². The smallest absolute Gasteiger partial charge is 0.341 e. The minimum atomic E-state index is -0.674. The van der Waals surface area contributed by atoms with Crippen molar-refractivity contribution in [3.63, 3.8) is 0 Å². The number of H-pyrrole nitrogens is 1. The molecular formula is C23H25N3O6S. The molecule has 2 heterocycles. The van der Waals surface area contributed by atoms with Gasteiger partial charge < -0.3 is 14.8 Å². The Labute approximate surface area is 194 Å². The van der Waals surface area contributed by atoms with Gasteiger partial charge in [-0.25, -0.2) is 9.89 Å². The standard InChI is InChI=1S/C23H25N3O6S/c1-4-31-23(30)20-14(9-13(2)3)12-33-22(20)24-18(27)11-32-19(28)10-17-15-7-5-6-8-16(15)21(29)26-25-17/h5-8,12-13H,4,9-11H2,1-3H3,(H,24,27)(H,26,29). The fourth-order valence-corrected chi connectivity index (χ4v) is 4.28. The lowest BCUT2D eigenvalue weighted by Gasteiger charge is -2.10. The Morgan fingerprint density at radius 1 is 1.15 bits per heavy atom. The maximum absolute atomic E-state index is 12.4. The molecule has 33 heavy (non-hydrogen) atoms. The van der Waals surface area contributed by atoms with E-state index in [1.807, 2.05) is 19.2 Å². The number of nitrogens with one attached hydrogen (secondary N) is 2. The average Bonchev–Trinajstić information content (AvgIpc) is 3.16. The number of aromatic nitrogens is 2. The molecule has 2 N–H and O–H groups in total. The Morgan fingerprint density at radius 3 is 2.58 bits per heavy atom. The van der Waals surface area contributed by atoms with Gasteiger partial charge in [0, 0.05) is 5.39 Å². The minimum Gasteiger partial charge on any atom is -0.462 e. The molecule has 0 radical (unpaired) electrons. The van der Waals surface area contributed by atoms with Crippen LogP contribution in [-0.2, 0) is 31.9 Å². The quantitative estimate of drug-likeness (QED) is 0.459. The Balaban J connectivity index is 1.64. The fraction of sp³-hybridized carbons (Fsp3) is 0.348. The molecule has 10 heteroatoms. The van der Waals surface area contributed by atoms with Crippen molar-refractivity contribution >= 4 is 45.0 Å². The van der Waals surface area contributed by atoms with Gasteiger partial charge in [-0.15, -0.1) is 11.3 Å². The number of thiophene rings is 1. The topological polar surface area (TPSA) is 127 Å². The first-order valence-corrected chi connectivity index (χ1v) is 11.4. The van der Waals surface area contributed by atoms with Crippen molar-refractivity contribution < 1.29 is 23.9 Å². The molecule has 0 saturated carbocycles. The Kier molecular flexibility index (Phi) is 7.94. The molecule has 0 fully saturated rings. The van der Waals surface area contributed by atoms with Crippen LogP contribution in [0.5, 0.6) is 0 Å². The summed E-state index contributed by atoms with van der Waals surface area (Å²) in [5.74, 6) is -1.44. The number of hydrogen-bond acceptors (Lipinski definition) is 8. The largest absolute Gasteiger partial charge is 0.462 e. The van der Waals surface area contributed by atoms with Gasteiger partial charge in [0.25, 0.3) is 11.5 Å². The van der Waals surface area contributed by atoms with E-state index in [0.717, 1.165) is 5.56 Å². The Hall–Kier alpha value is -3.53. The fourth-order valence-electron chi connectivity index (χ4n) is 3.31. The van der Waals surface area contributed by atoms with Gasteiger partial charge in [-0.1, -0.05) is 32.0 Å². The van der Waals surface area contributed by atoms with Crippen LogP contribution < -0.4 is 10.9 Å². The number of ether oxygens (including phenoxy) is 2. The number of rotatable bonds is 9. The normalized spacial score (nSPS) is 10.9. The number of carbonyl (C=O) groups is 3. The summed E-state index contributed by atoms with van der Waals surface area (Å²) < 4.78 is 10.2. The molecule has 1 amide bonds. The van der Waals surface area contributed by atoms with Crippen LogP contribution in [0.2, 0.25) is 0 Å². The van der Waals surface area contributed by atoms with Gasteiger partial charge in [0.1, 0.15) is 5.00 Å². The summed E-state index contributed by atoms with van der Waals surface area (Å²) in [5, 5.41) is 12.1. The molecule has 3 rings (SSSR count). The van der Waals surface area contributed by atoms with Gasteiger partial charge in [-0.2, -0.15) is 5.10 Å². The molecule has 1 aromatic carbocycles. The maximum atomic E-state index is 12.4. The molecule has 0 unspecified atom stereocenters. The number of benzene rings is 1. The van der Waals surface area contributed by atoms with E-state index in [9.17, 15) is 19.2 Å². The lowest BCUT2D eigenvalue weighted by molar-refractivity contribution is -0.146. The van der Waals surface area contributed by atoms with E-state index in [-0.39, 0.29) is 18.6 Å². The molecule has 2 aromatic heterocycles. The summed E-state index contributed by atoms with van der Waals surface area (Å²) in [6.45, 7) is 5.47. The number of nitrogens with zero attached hydrogens (tertiary/aromatic N) is 1. The zero-order valence-corrected chi connectivity index (χ0v) is 19.4. The van der Waals surface area contributed by atoms with Crippen molar-refractivity contribution in [2.45, 2.75) is 33.6 Å². The van der Waals surface area contributed by atoms with Crippen molar-refractivity contribution in [1.29, 1.82) is 0 Å². The van der Waals surface area contributed by atoms with E-state index in [2.05, 4.69) is 15.5 Å². The van der Waals surface area contributed by atoms with E-state index >= 15 is 0 Å². The number of anilines is 1. The Morgan fingerprint density at radius 2 is 1.88 bits per heavy atom. The van der Waals surface area contributed by atoms with Crippen LogP contribution in [-0.4, -0.2) is 41.3 Å². The lowest BCUT2D eigenvalue weighted by atomic mass is 10.0. The van der Waals surface area contributed by atoms with Crippen LogP contribution in [0.25, 0.3) is 10.8 Å². The number of esters is 2. The van der Waals surface area contributed by atoms with E-state index < -0.39 is 24.5 Å². The molecule has 0 atom stereocenters. The lowest BCUT2D eigenvalue weighted by Crippen LogP contribution is -2.23. The van der Waals surface area contributed by atoms with E-state index in [1.54, 1.807) is 31.2 Å². The summed E-state index contributed by atoms with van der Waals surface area (Å²) in [7, 11) is 0. The molecule has 0 aliphatic rings. The molecule has 9 nitrogen and oxygen atoms in total. The second kappa shape index (κ2) is 10.9. The number of carbonyl (C=O) groups excluding carboxylic acids is 3. The van der Waals surface area contributed by atoms with Crippen LogP contribution in [0.4, 0.5) is 5.00 Å². The molecule has 0 aliphatic heterocycles. The van der Waals surface area contributed by atoms with Crippen molar-refractivity contribution in [2.24, 2.45) is 5.92 Å². The highest BCUT2D eigenvalue weighted by Gasteiger charge is 2.22. The monoisotopic (exact) mass is 471 g/mol. The van der Waals surface area contributed by atoms with Crippen molar-refractivity contribution in [1.82, 2.24) is 10.2 Å². The molecule has 3 aromatic rings. The van der Waals surface area contributed by atoms with E-state index in [1.165, 1.54) is 11.3 Å². The van der Waals surface area contributed by atoms with Gasteiger partial charge in [0.05, 0.1) is 29.7 Å². The molecule has 0 aliphatic carbocycles. The van der Waals surface area contributed by atoms with E-state index in [4.69, 9.17) is 9.47 Å². The van der Waals surface area contributed by atoms with Crippen LogP contribution in [0.3, 0.4) is 0 Å². The van der Waals surface area contributed by atoms with Crippen molar-refractivity contribution in [2.75, 3.05) is 18.5 Å². The summed E-state index contributed by atoms with van der Waals surface area (Å²) in [4.78, 5) is 49.0. The highest BCUT2D eigenvalue weighted by molar-refractivity contribution is 7.15. The van der Waals surface area contributed by atoms with Gasteiger partial charge in [0.2, 0.25) is 0 Å². The Bertz CT molecular complexity index is 1230. The summed E-state index contributed by atoms with van der Waals surface area (Å²) in [6.07, 6.45) is 0.450. The average molecular weight is 472 g/mol. The number of aromatic amines is 1. The molecule has 0 saturated heterocycles. The van der Waals surface area contributed by atoms with Crippen molar-refractivity contribution in [3.05, 3.63) is 56.8 Å². The van der Waals surface area contributed by atoms with E-state index in [0.29, 0.717) is 39.4 Å². The highest BCUT2D eigenvalue weighted by atomic mass is 32.1. The van der Waals surface area contributed by atoms with Gasteiger partial charge >= 0.3 is 11.9 Å². The molecule has 0 spiro atoms. The second-order valence-corrected chi connectivity index (χ2v) is 8.59. The van der Waals surface area contributed by atoms with Gasteiger partial charge in [0.15, 0.2) is 6.61 Å².